The summed E-state index contributed by atoms with van der Waals surface area (Å²) in [6, 6.07) is 31.7. The average molecular weight is 363 g/mol. The summed E-state index contributed by atoms with van der Waals surface area (Å²) in [6.45, 7) is 0. The predicted octanol–water partition coefficient (Wildman–Crippen LogP) is 5.02. The minimum absolute atomic E-state index is 0.129. The Bertz CT molecular complexity index is 1300. The van der Waals surface area contributed by atoms with Crippen LogP contribution in [0.5, 0.6) is 0 Å². The number of rotatable bonds is 3. The van der Waals surface area contributed by atoms with Gasteiger partial charge < -0.3 is 0 Å². The molecule has 0 amide bonds. The molecule has 1 N–H and O–H groups in total. The molecular formula is C24H17N3O. The molecule has 0 radical (unpaired) electrons. The van der Waals surface area contributed by atoms with Crippen LogP contribution >= 0.6 is 0 Å². The smallest absolute Gasteiger partial charge is 0.273 e. The van der Waals surface area contributed by atoms with Crippen LogP contribution in [-0.4, -0.2) is 14.6 Å². The van der Waals surface area contributed by atoms with Gasteiger partial charge in [-0.15, -0.1) is 0 Å². The van der Waals surface area contributed by atoms with E-state index in [1.807, 2.05) is 54.6 Å². The highest BCUT2D eigenvalue weighted by Gasteiger charge is 2.09. The summed E-state index contributed by atoms with van der Waals surface area (Å²) in [5.74, 6) is 0. The molecule has 4 heteroatoms. The van der Waals surface area contributed by atoms with Crippen molar-refractivity contribution in [3.63, 3.8) is 0 Å². The molecule has 0 aliphatic rings. The summed E-state index contributed by atoms with van der Waals surface area (Å²) in [4.78, 5) is 17.2. The molecular weight excluding hydrogens is 346 g/mol. The van der Waals surface area contributed by atoms with Crippen LogP contribution in [0.1, 0.15) is 0 Å². The average Bonchev–Trinajstić information content (AvgIpc) is 3.20. The molecule has 0 aliphatic carbocycles. The van der Waals surface area contributed by atoms with Crippen molar-refractivity contribution in [3.8, 4) is 33.6 Å². The van der Waals surface area contributed by atoms with Crippen LogP contribution in [-0.2, 0) is 0 Å². The van der Waals surface area contributed by atoms with Crippen molar-refractivity contribution in [3.05, 3.63) is 107 Å². The Labute approximate surface area is 161 Å². The van der Waals surface area contributed by atoms with E-state index in [1.165, 1.54) is 10.1 Å². The van der Waals surface area contributed by atoms with E-state index in [0.717, 1.165) is 22.4 Å². The second kappa shape index (κ2) is 6.67. The SMILES string of the molecule is O=c1cc(-c2ccccc2)nc2cc(-c3ccc(-c4ccccc4)cc3)[nH]n12. The zero-order chi connectivity index (χ0) is 18.9. The van der Waals surface area contributed by atoms with Gasteiger partial charge in [0.2, 0.25) is 0 Å². The van der Waals surface area contributed by atoms with Gasteiger partial charge in [0.1, 0.15) is 0 Å². The first-order valence-electron chi connectivity index (χ1n) is 9.12. The molecule has 0 spiro atoms. The van der Waals surface area contributed by atoms with E-state index in [4.69, 9.17) is 0 Å². The van der Waals surface area contributed by atoms with Crippen LogP contribution in [0, 0.1) is 0 Å². The Balaban J connectivity index is 1.55. The second-order valence-corrected chi connectivity index (χ2v) is 6.65. The zero-order valence-corrected chi connectivity index (χ0v) is 15.0. The van der Waals surface area contributed by atoms with Crippen LogP contribution in [0.25, 0.3) is 39.3 Å². The third-order valence-electron chi connectivity index (χ3n) is 4.82. The standard InChI is InChI=1S/C24H17N3O/c28-24-16-21(19-9-5-2-6-10-19)25-23-15-22(26-27(23)24)20-13-11-18(12-14-20)17-7-3-1-4-8-17/h1-16,26H. The summed E-state index contributed by atoms with van der Waals surface area (Å²) in [5, 5.41) is 3.16. The van der Waals surface area contributed by atoms with Crippen molar-refractivity contribution in [1.29, 1.82) is 0 Å². The van der Waals surface area contributed by atoms with Gasteiger partial charge in [-0.3, -0.25) is 9.89 Å². The van der Waals surface area contributed by atoms with Crippen molar-refractivity contribution in [2.45, 2.75) is 0 Å². The van der Waals surface area contributed by atoms with Gasteiger partial charge in [0.05, 0.1) is 11.4 Å². The molecule has 0 fully saturated rings. The number of benzene rings is 3. The van der Waals surface area contributed by atoms with Crippen molar-refractivity contribution in [2.24, 2.45) is 0 Å². The molecule has 5 rings (SSSR count). The summed E-state index contributed by atoms with van der Waals surface area (Å²) < 4.78 is 1.48. The maximum Gasteiger partial charge on any atom is 0.273 e. The quantitative estimate of drug-likeness (QED) is 0.489. The van der Waals surface area contributed by atoms with Gasteiger partial charge in [-0.25, -0.2) is 9.50 Å². The first-order valence-corrected chi connectivity index (χ1v) is 9.12. The largest absolute Gasteiger partial charge is 0.289 e. The second-order valence-electron chi connectivity index (χ2n) is 6.65. The Kier molecular flexibility index (Phi) is 3.87. The molecule has 4 nitrogen and oxygen atoms in total. The van der Waals surface area contributed by atoms with Gasteiger partial charge in [-0.1, -0.05) is 84.9 Å². The highest BCUT2D eigenvalue weighted by molar-refractivity contribution is 5.71. The molecule has 3 aromatic carbocycles. The molecule has 28 heavy (non-hydrogen) atoms. The van der Waals surface area contributed by atoms with Crippen LogP contribution in [0.3, 0.4) is 0 Å². The van der Waals surface area contributed by atoms with Crippen molar-refractivity contribution < 1.29 is 0 Å². The van der Waals surface area contributed by atoms with E-state index >= 15 is 0 Å². The van der Waals surface area contributed by atoms with Gasteiger partial charge in [0.15, 0.2) is 5.65 Å². The first kappa shape index (κ1) is 16.3. The Morgan fingerprint density at radius 1 is 0.643 bits per heavy atom. The number of H-pyrrole nitrogens is 1. The number of nitrogens with zero attached hydrogens (tertiary/aromatic N) is 2. The number of hydrogen-bond donors (Lipinski definition) is 1. The lowest BCUT2D eigenvalue weighted by Crippen LogP contribution is -2.14. The zero-order valence-electron chi connectivity index (χ0n) is 15.0. The van der Waals surface area contributed by atoms with Crippen LogP contribution in [0.2, 0.25) is 0 Å². The van der Waals surface area contributed by atoms with Crippen molar-refractivity contribution in [1.82, 2.24) is 14.6 Å². The number of aromatic amines is 1. The van der Waals surface area contributed by atoms with Crippen molar-refractivity contribution >= 4 is 5.65 Å². The van der Waals surface area contributed by atoms with Gasteiger partial charge in [-0.2, -0.15) is 0 Å². The molecule has 134 valence electrons. The van der Waals surface area contributed by atoms with E-state index in [1.54, 1.807) is 6.07 Å². The van der Waals surface area contributed by atoms with Gasteiger partial charge in [0, 0.05) is 17.7 Å². The topological polar surface area (TPSA) is 50.2 Å². The summed E-state index contributed by atoms with van der Waals surface area (Å²) in [5.41, 5.74) is 6.27. The fraction of sp³-hybridized carbons (Fsp3) is 0. The van der Waals surface area contributed by atoms with E-state index in [-0.39, 0.29) is 5.56 Å². The molecule has 0 aliphatic heterocycles. The molecule has 0 saturated carbocycles. The third kappa shape index (κ3) is 2.91. The minimum atomic E-state index is -0.129. The van der Waals surface area contributed by atoms with Gasteiger partial charge in [0.25, 0.3) is 5.56 Å². The maximum absolute atomic E-state index is 12.5. The summed E-state index contributed by atoms with van der Waals surface area (Å²) in [7, 11) is 0. The number of fused-ring (bicyclic) bond motifs is 1. The number of hydrogen-bond acceptors (Lipinski definition) is 2. The lowest BCUT2D eigenvalue weighted by Gasteiger charge is -2.03. The summed E-state index contributed by atoms with van der Waals surface area (Å²) in [6.07, 6.45) is 0. The number of aromatic nitrogens is 3. The van der Waals surface area contributed by atoms with Crippen LogP contribution in [0.15, 0.2) is 102 Å². The Hall–Kier alpha value is -3.92. The monoisotopic (exact) mass is 363 g/mol. The summed E-state index contributed by atoms with van der Waals surface area (Å²) >= 11 is 0. The fourth-order valence-electron chi connectivity index (χ4n) is 3.37. The lowest BCUT2D eigenvalue weighted by atomic mass is 10.0. The molecule has 2 heterocycles. The molecule has 5 aromatic rings. The molecule has 2 aromatic heterocycles. The first-order chi connectivity index (χ1) is 13.8. The van der Waals surface area contributed by atoms with Crippen LogP contribution in [0.4, 0.5) is 0 Å². The van der Waals surface area contributed by atoms with E-state index in [0.29, 0.717) is 11.3 Å². The van der Waals surface area contributed by atoms with Gasteiger partial charge in [-0.05, 0) is 16.7 Å². The highest BCUT2D eigenvalue weighted by atomic mass is 16.1. The Morgan fingerprint density at radius 2 is 1.21 bits per heavy atom. The molecule has 0 unspecified atom stereocenters. The number of nitrogens with one attached hydrogen (secondary N) is 1. The molecule has 0 atom stereocenters. The van der Waals surface area contributed by atoms with E-state index < -0.39 is 0 Å². The fourth-order valence-corrected chi connectivity index (χ4v) is 3.37. The van der Waals surface area contributed by atoms with Gasteiger partial charge >= 0.3 is 0 Å². The minimum Gasteiger partial charge on any atom is -0.289 e. The molecule has 0 saturated heterocycles. The Morgan fingerprint density at radius 3 is 1.89 bits per heavy atom. The molecule has 0 bridgehead atoms. The third-order valence-corrected chi connectivity index (χ3v) is 4.82. The van der Waals surface area contributed by atoms with Crippen LogP contribution < -0.4 is 5.56 Å². The lowest BCUT2D eigenvalue weighted by molar-refractivity contribution is 0.904. The van der Waals surface area contributed by atoms with E-state index in [2.05, 4.69) is 46.5 Å². The highest BCUT2D eigenvalue weighted by Crippen LogP contribution is 2.25. The van der Waals surface area contributed by atoms with E-state index in [9.17, 15) is 4.79 Å². The van der Waals surface area contributed by atoms with Crippen molar-refractivity contribution in [2.75, 3.05) is 0 Å². The predicted molar refractivity (Wildman–Crippen MR) is 112 cm³/mol. The normalized spacial score (nSPS) is 11.0. The maximum atomic E-state index is 12.5.